The maximum atomic E-state index is 14.1. The Morgan fingerprint density at radius 1 is 1.26 bits per heavy atom. The fourth-order valence-electron chi connectivity index (χ4n) is 2.54. The minimum absolute atomic E-state index is 0.0669. The molecular formula is C17H20FNO4. The number of methoxy groups -OCH3 is 2. The van der Waals surface area contributed by atoms with Crippen molar-refractivity contribution in [2.45, 2.75) is 26.8 Å². The van der Waals surface area contributed by atoms with E-state index in [1.54, 1.807) is 6.92 Å². The number of hydrogen-bond donors (Lipinski definition) is 1. The second-order valence-corrected chi connectivity index (χ2v) is 5.22. The lowest BCUT2D eigenvalue weighted by Crippen LogP contribution is -2.28. The summed E-state index contributed by atoms with van der Waals surface area (Å²) in [5, 5.41) is 2.76. The van der Waals surface area contributed by atoms with Gasteiger partial charge in [0.25, 0.3) is 5.91 Å². The summed E-state index contributed by atoms with van der Waals surface area (Å²) in [4.78, 5) is 12.5. The van der Waals surface area contributed by atoms with Gasteiger partial charge in [-0.3, -0.25) is 4.79 Å². The Labute approximate surface area is 134 Å². The zero-order chi connectivity index (χ0) is 17.1. The smallest absolute Gasteiger partial charge is 0.258 e. The Balaban J connectivity index is 2.32. The maximum absolute atomic E-state index is 14.1. The van der Waals surface area contributed by atoms with E-state index in [2.05, 4.69) is 5.32 Å². The molecule has 0 unspecified atom stereocenters. The lowest BCUT2D eigenvalue weighted by atomic mass is 10.1. The van der Waals surface area contributed by atoms with Crippen molar-refractivity contribution in [1.29, 1.82) is 0 Å². The summed E-state index contributed by atoms with van der Waals surface area (Å²) in [7, 11) is 2.79. The highest BCUT2D eigenvalue weighted by atomic mass is 19.1. The monoisotopic (exact) mass is 321 g/mol. The van der Waals surface area contributed by atoms with Gasteiger partial charge in [-0.2, -0.15) is 0 Å². The number of aryl methyl sites for hydroxylation is 2. The lowest BCUT2D eigenvalue weighted by Gasteiger charge is -2.17. The Morgan fingerprint density at radius 3 is 2.48 bits per heavy atom. The van der Waals surface area contributed by atoms with Gasteiger partial charge in [0.2, 0.25) is 0 Å². The van der Waals surface area contributed by atoms with Crippen LogP contribution in [0.4, 0.5) is 4.39 Å². The van der Waals surface area contributed by atoms with Crippen molar-refractivity contribution < 1.29 is 23.1 Å². The third-order valence-electron chi connectivity index (χ3n) is 3.62. The molecule has 1 amide bonds. The number of ether oxygens (including phenoxy) is 2. The lowest BCUT2D eigenvalue weighted by molar-refractivity contribution is 0.0931. The van der Waals surface area contributed by atoms with Gasteiger partial charge in [0, 0.05) is 5.56 Å². The van der Waals surface area contributed by atoms with Gasteiger partial charge in [-0.15, -0.1) is 0 Å². The molecular weight excluding hydrogens is 301 g/mol. The molecule has 2 rings (SSSR count). The normalized spacial score (nSPS) is 11.9. The number of nitrogens with one attached hydrogen (secondary N) is 1. The summed E-state index contributed by atoms with van der Waals surface area (Å²) in [6.45, 7) is 5.45. The number of rotatable bonds is 5. The van der Waals surface area contributed by atoms with Crippen molar-refractivity contribution in [2.24, 2.45) is 0 Å². The van der Waals surface area contributed by atoms with Crippen LogP contribution in [-0.2, 0) is 0 Å². The van der Waals surface area contributed by atoms with Crippen LogP contribution in [0, 0.1) is 19.7 Å². The first-order valence-corrected chi connectivity index (χ1v) is 7.17. The first-order valence-electron chi connectivity index (χ1n) is 7.17. The van der Waals surface area contributed by atoms with Gasteiger partial charge in [0.15, 0.2) is 11.5 Å². The third-order valence-corrected chi connectivity index (χ3v) is 3.62. The van der Waals surface area contributed by atoms with E-state index in [1.807, 2.05) is 19.9 Å². The van der Waals surface area contributed by atoms with Crippen LogP contribution in [0.2, 0.25) is 0 Å². The summed E-state index contributed by atoms with van der Waals surface area (Å²) in [5.41, 5.74) is 0.662. The molecule has 0 bridgehead atoms. The van der Waals surface area contributed by atoms with E-state index in [9.17, 15) is 9.18 Å². The molecule has 0 radical (unpaired) electrons. The quantitative estimate of drug-likeness (QED) is 0.915. The summed E-state index contributed by atoms with van der Waals surface area (Å²) in [6, 6.07) is 4.10. The highest BCUT2D eigenvalue weighted by Crippen LogP contribution is 2.33. The van der Waals surface area contributed by atoms with E-state index in [0.717, 1.165) is 11.3 Å². The van der Waals surface area contributed by atoms with Gasteiger partial charge in [0.05, 0.1) is 20.3 Å². The maximum Gasteiger partial charge on any atom is 0.258 e. The molecule has 1 heterocycles. The van der Waals surface area contributed by atoms with Crippen molar-refractivity contribution >= 4 is 5.91 Å². The molecule has 1 aromatic heterocycles. The number of furan rings is 1. The van der Waals surface area contributed by atoms with Gasteiger partial charge in [-0.1, -0.05) is 0 Å². The molecule has 0 spiro atoms. The Bertz CT molecular complexity index is 724. The summed E-state index contributed by atoms with van der Waals surface area (Å²) >= 11 is 0. The van der Waals surface area contributed by atoms with Gasteiger partial charge >= 0.3 is 0 Å². The highest BCUT2D eigenvalue weighted by molar-refractivity contribution is 5.98. The molecule has 23 heavy (non-hydrogen) atoms. The molecule has 0 aliphatic rings. The topological polar surface area (TPSA) is 60.7 Å². The van der Waals surface area contributed by atoms with Gasteiger partial charge in [-0.25, -0.2) is 4.39 Å². The van der Waals surface area contributed by atoms with E-state index in [4.69, 9.17) is 13.9 Å². The Kier molecular flexibility index (Phi) is 4.93. The van der Waals surface area contributed by atoms with Crippen molar-refractivity contribution in [3.63, 3.8) is 0 Å². The van der Waals surface area contributed by atoms with Gasteiger partial charge in [0.1, 0.15) is 22.9 Å². The first kappa shape index (κ1) is 16.9. The molecule has 5 nitrogen and oxygen atoms in total. The van der Waals surface area contributed by atoms with Crippen molar-refractivity contribution in [3.8, 4) is 11.5 Å². The summed E-state index contributed by atoms with van der Waals surface area (Å²) in [5.74, 6) is 0.577. The highest BCUT2D eigenvalue weighted by Gasteiger charge is 2.24. The van der Waals surface area contributed by atoms with Crippen molar-refractivity contribution in [1.82, 2.24) is 5.32 Å². The molecule has 1 atom stereocenters. The van der Waals surface area contributed by atoms with E-state index in [0.29, 0.717) is 11.5 Å². The van der Waals surface area contributed by atoms with Crippen LogP contribution in [0.3, 0.4) is 0 Å². The molecule has 1 aromatic carbocycles. The minimum Gasteiger partial charge on any atom is -0.493 e. The third kappa shape index (κ3) is 3.31. The predicted octanol–water partition coefficient (Wildman–Crippen LogP) is 3.54. The number of hydrogen-bond acceptors (Lipinski definition) is 4. The molecule has 6 heteroatoms. The molecule has 0 saturated carbocycles. The van der Waals surface area contributed by atoms with Crippen LogP contribution in [0.25, 0.3) is 0 Å². The fourth-order valence-corrected chi connectivity index (χ4v) is 2.54. The summed E-state index contributed by atoms with van der Waals surface area (Å²) < 4.78 is 29.8. The van der Waals surface area contributed by atoms with E-state index >= 15 is 0 Å². The molecule has 0 aliphatic heterocycles. The number of carbonyl (C=O) groups excluding carboxylic acids is 1. The number of halogens is 1. The Hall–Kier alpha value is -2.50. The van der Waals surface area contributed by atoms with Crippen LogP contribution >= 0.6 is 0 Å². The molecule has 0 fully saturated rings. The zero-order valence-electron chi connectivity index (χ0n) is 13.8. The second-order valence-electron chi connectivity index (χ2n) is 5.22. The van der Waals surface area contributed by atoms with Crippen molar-refractivity contribution in [3.05, 3.63) is 46.7 Å². The minimum atomic E-state index is -0.674. The largest absolute Gasteiger partial charge is 0.493 e. The first-order chi connectivity index (χ1) is 10.9. The van der Waals surface area contributed by atoms with Gasteiger partial charge in [-0.05, 0) is 39.0 Å². The molecule has 2 aromatic rings. The van der Waals surface area contributed by atoms with E-state index in [1.165, 1.54) is 26.4 Å². The fraction of sp³-hybridized carbons (Fsp3) is 0.353. The van der Waals surface area contributed by atoms with Crippen LogP contribution in [-0.4, -0.2) is 20.1 Å². The van der Waals surface area contributed by atoms with Gasteiger partial charge < -0.3 is 19.2 Å². The van der Waals surface area contributed by atoms with Crippen LogP contribution in [0.15, 0.2) is 22.6 Å². The summed E-state index contributed by atoms with van der Waals surface area (Å²) in [6.07, 6.45) is 0. The SMILES string of the molecule is COc1ccc(F)c(C(=O)N[C@H](C)c2cc(C)oc2C)c1OC. The average molecular weight is 321 g/mol. The van der Waals surface area contributed by atoms with E-state index in [-0.39, 0.29) is 17.4 Å². The Morgan fingerprint density at radius 2 is 1.96 bits per heavy atom. The number of carbonyl (C=O) groups is 1. The van der Waals surface area contributed by atoms with Crippen LogP contribution in [0.1, 0.15) is 40.4 Å². The van der Waals surface area contributed by atoms with Crippen molar-refractivity contribution in [2.75, 3.05) is 14.2 Å². The van der Waals surface area contributed by atoms with E-state index < -0.39 is 11.7 Å². The van der Waals surface area contributed by atoms with Crippen LogP contribution in [0.5, 0.6) is 11.5 Å². The number of benzene rings is 1. The van der Waals surface area contributed by atoms with Crippen LogP contribution < -0.4 is 14.8 Å². The second kappa shape index (κ2) is 6.73. The number of amides is 1. The average Bonchev–Trinajstić information content (AvgIpc) is 2.85. The molecule has 0 saturated heterocycles. The molecule has 0 aliphatic carbocycles. The molecule has 1 N–H and O–H groups in total. The predicted molar refractivity (Wildman–Crippen MR) is 83.6 cm³/mol. The zero-order valence-corrected chi connectivity index (χ0v) is 13.8. The standard InChI is InChI=1S/C17H20FNO4/c1-9-8-12(11(3)23-9)10(2)19-17(20)15-13(18)6-7-14(21-4)16(15)22-5/h6-8,10H,1-5H3,(H,19,20)/t10-/m1/s1. The molecule has 124 valence electrons.